The first-order chi connectivity index (χ1) is 12.4. The van der Waals surface area contributed by atoms with E-state index in [1.54, 1.807) is 49.5 Å². The van der Waals surface area contributed by atoms with Gasteiger partial charge in [-0.05, 0) is 38.2 Å². The van der Waals surface area contributed by atoms with Gasteiger partial charge in [-0.1, -0.05) is 35.9 Å². The number of carbonyl (C=O) groups is 1. The highest BCUT2D eigenvalue weighted by molar-refractivity contribution is 7.92. The van der Waals surface area contributed by atoms with Crippen LogP contribution in [-0.2, 0) is 14.8 Å². The van der Waals surface area contributed by atoms with E-state index in [4.69, 9.17) is 0 Å². The number of carbonyl (C=O) groups excluding carboxylic acids is 1. The summed E-state index contributed by atoms with van der Waals surface area (Å²) in [6.07, 6.45) is 0.0870. The van der Waals surface area contributed by atoms with Crippen LogP contribution in [0.3, 0.4) is 0 Å². The standard InChI is InChI=1S/C19H25N3O3S.ClH/c1-16-8-10-17(11-9-16)22(15-12-19(23)21-14-13-20-2)26(24,25)18-6-4-3-5-7-18;/h3-11,20H,12-15H2,1-2H3,(H,21,23);1H. The van der Waals surface area contributed by atoms with E-state index in [9.17, 15) is 13.2 Å². The molecule has 0 spiro atoms. The molecule has 8 heteroatoms. The third kappa shape index (κ3) is 6.53. The second-order valence-corrected chi connectivity index (χ2v) is 7.79. The van der Waals surface area contributed by atoms with Crippen LogP contribution in [0.5, 0.6) is 0 Å². The molecule has 0 heterocycles. The Bertz CT molecular complexity index is 812. The molecule has 0 aliphatic carbocycles. The van der Waals surface area contributed by atoms with E-state index in [0.717, 1.165) is 5.56 Å². The maximum Gasteiger partial charge on any atom is 0.264 e. The Morgan fingerprint density at radius 2 is 1.63 bits per heavy atom. The van der Waals surface area contributed by atoms with Gasteiger partial charge in [0.05, 0.1) is 10.6 Å². The molecule has 0 unspecified atom stereocenters. The fourth-order valence-electron chi connectivity index (χ4n) is 2.44. The number of sulfonamides is 1. The molecule has 0 aliphatic heterocycles. The van der Waals surface area contributed by atoms with Gasteiger partial charge in [0, 0.05) is 26.1 Å². The van der Waals surface area contributed by atoms with Gasteiger partial charge in [-0.2, -0.15) is 0 Å². The average Bonchev–Trinajstić information content (AvgIpc) is 2.64. The van der Waals surface area contributed by atoms with Gasteiger partial charge in [-0.15, -0.1) is 12.4 Å². The molecule has 0 saturated carbocycles. The Hall–Kier alpha value is -2.09. The van der Waals surface area contributed by atoms with Crippen molar-refractivity contribution in [1.82, 2.24) is 10.6 Å². The van der Waals surface area contributed by atoms with Crippen molar-refractivity contribution in [1.29, 1.82) is 0 Å². The third-order valence-corrected chi connectivity index (χ3v) is 5.73. The Kier molecular flexibility index (Phi) is 9.28. The summed E-state index contributed by atoms with van der Waals surface area (Å²) in [5.74, 6) is -0.180. The smallest absolute Gasteiger partial charge is 0.264 e. The van der Waals surface area contributed by atoms with Crippen molar-refractivity contribution in [2.75, 3.05) is 31.0 Å². The lowest BCUT2D eigenvalue weighted by Crippen LogP contribution is -2.36. The number of nitrogens with one attached hydrogen (secondary N) is 2. The first-order valence-corrected chi connectivity index (χ1v) is 9.95. The minimum Gasteiger partial charge on any atom is -0.355 e. The van der Waals surface area contributed by atoms with Gasteiger partial charge >= 0.3 is 0 Å². The molecule has 148 valence electrons. The molecule has 2 N–H and O–H groups in total. The molecule has 1 amide bonds. The molecule has 0 fully saturated rings. The lowest BCUT2D eigenvalue weighted by molar-refractivity contribution is -0.120. The minimum atomic E-state index is -3.75. The number of hydrogen-bond donors (Lipinski definition) is 2. The van der Waals surface area contributed by atoms with E-state index in [1.165, 1.54) is 4.31 Å². The van der Waals surface area contributed by atoms with Crippen molar-refractivity contribution >= 4 is 34.0 Å². The van der Waals surface area contributed by atoms with Gasteiger partial charge in [-0.25, -0.2) is 8.42 Å². The Labute approximate surface area is 167 Å². The molecular weight excluding hydrogens is 386 g/mol. The van der Waals surface area contributed by atoms with Gasteiger partial charge in [0.15, 0.2) is 0 Å². The quantitative estimate of drug-likeness (QED) is 0.621. The molecule has 0 saturated heterocycles. The van der Waals surface area contributed by atoms with Crippen LogP contribution >= 0.6 is 12.4 Å². The number of nitrogens with zero attached hydrogens (tertiary/aromatic N) is 1. The first-order valence-electron chi connectivity index (χ1n) is 8.51. The number of amides is 1. The van der Waals surface area contributed by atoms with E-state index in [-0.39, 0.29) is 36.2 Å². The van der Waals surface area contributed by atoms with Crippen LogP contribution in [0, 0.1) is 6.92 Å². The van der Waals surface area contributed by atoms with Gasteiger partial charge < -0.3 is 10.6 Å². The summed E-state index contributed by atoms with van der Waals surface area (Å²) in [7, 11) is -1.94. The topological polar surface area (TPSA) is 78.5 Å². The van der Waals surface area contributed by atoms with Crippen molar-refractivity contribution in [3.05, 3.63) is 60.2 Å². The van der Waals surface area contributed by atoms with Crippen LogP contribution < -0.4 is 14.9 Å². The van der Waals surface area contributed by atoms with Crippen molar-refractivity contribution in [2.24, 2.45) is 0 Å². The van der Waals surface area contributed by atoms with E-state index < -0.39 is 10.0 Å². The van der Waals surface area contributed by atoms with Gasteiger partial charge in [-0.3, -0.25) is 9.10 Å². The lowest BCUT2D eigenvalue weighted by atomic mass is 10.2. The molecule has 0 atom stereocenters. The third-order valence-electron chi connectivity index (χ3n) is 3.89. The summed E-state index contributed by atoms with van der Waals surface area (Å²) in [4.78, 5) is 12.2. The molecule has 2 rings (SSSR count). The van der Waals surface area contributed by atoms with E-state index >= 15 is 0 Å². The number of hydrogen-bond acceptors (Lipinski definition) is 4. The minimum absolute atomic E-state index is 0. The first kappa shape index (κ1) is 23.0. The zero-order valence-electron chi connectivity index (χ0n) is 15.5. The van der Waals surface area contributed by atoms with E-state index in [1.807, 2.05) is 19.1 Å². The highest BCUT2D eigenvalue weighted by Crippen LogP contribution is 2.24. The summed E-state index contributed by atoms with van der Waals surface area (Å²) in [6.45, 7) is 3.18. The summed E-state index contributed by atoms with van der Waals surface area (Å²) in [5.41, 5.74) is 1.58. The Morgan fingerprint density at radius 3 is 2.22 bits per heavy atom. The number of aryl methyl sites for hydroxylation is 1. The van der Waals surface area contributed by atoms with E-state index in [2.05, 4.69) is 10.6 Å². The molecule has 0 aromatic heterocycles. The monoisotopic (exact) mass is 411 g/mol. The van der Waals surface area contributed by atoms with Crippen LogP contribution in [0.25, 0.3) is 0 Å². The summed E-state index contributed by atoms with van der Waals surface area (Å²) in [5, 5.41) is 5.71. The second-order valence-electron chi connectivity index (χ2n) is 5.93. The number of anilines is 1. The fourth-order valence-corrected chi connectivity index (χ4v) is 3.92. The Morgan fingerprint density at radius 1 is 1.00 bits per heavy atom. The van der Waals surface area contributed by atoms with Crippen LogP contribution in [0.15, 0.2) is 59.5 Å². The van der Waals surface area contributed by atoms with Crippen molar-refractivity contribution in [2.45, 2.75) is 18.2 Å². The van der Waals surface area contributed by atoms with Crippen LogP contribution in [0.1, 0.15) is 12.0 Å². The fraction of sp³-hybridized carbons (Fsp3) is 0.316. The highest BCUT2D eigenvalue weighted by atomic mass is 35.5. The second kappa shape index (κ2) is 10.9. The predicted octanol–water partition coefficient (Wildman–Crippen LogP) is 2.34. The normalized spacial score (nSPS) is 10.7. The largest absolute Gasteiger partial charge is 0.355 e. The maximum atomic E-state index is 13.1. The van der Waals surface area contributed by atoms with E-state index in [0.29, 0.717) is 18.8 Å². The van der Waals surface area contributed by atoms with Crippen molar-refractivity contribution < 1.29 is 13.2 Å². The zero-order valence-corrected chi connectivity index (χ0v) is 17.1. The molecule has 2 aromatic carbocycles. The molecule has 27 heavy (non-hydrogen) atoms. The van der Waals surface area contributed by atoms with Crippen LogP contribution in [0.2, 0.25) is 0 Å². The molecule has 0 aliphatic rings. The zero-order chi connectivity index (χ0) is 19.0. The number of rotatable bonds is 9. The molecule has 0 bridgehead atoms. The van der Waals surface area contributed by atoms with Crippen molar-refractivity contribution in [3.63, 3.8) is 0 Å². The predicted molar refractivity (Wildman–Crippen MR) is 111 cm³/mol. The molecule has 0 radical (unpaired) electrons. The van der Waals surface area contributed by atoms with Gasteiger partial charge in [0.2, 0.25) is 5.91 Å². The summed E-state index contributed by atoms with van der Waals surface area (Å²) >= 11 is 0. The van der Waals surface area contributed by atoms with Crippen molar-refractivity contribution in [3.8, 4) is 0 Å². The lowest BCUT2D eigenvalue weighted by Gasteiger charge is -2.24. The number of likely N-dealkylation sites (N-methyl/N-ethyl adjacent to an activating group) is 1. The average molecular weight is 412 g/mol. The maximum absolute atomic E-state index is 13.1. The molecule has 6 nitrogen and oxygen atoms in total. The number of halogens is 1. The highest BCUT2D eigenvalue weighted by Gasteiger charge is 2.25. The Balaban J connectivity index is 0.00000364. The SMILES string of the molecule is CNCCNC(=O)CCN(c1ccc(C)cc1)S(=O)(=O)c1ccccc1.Cl. The van der Waals surface area contributed by atoms with Crippen LogP contribution in [-0.4, -0.2) is 41.0 Å². The van der Waals surface area contributed by atoms with Crippen LogP contribution in [0.4, 0.5) is 5.69 Å². The molecule has 2 aromatic rings. The summed E-state index contributed by atoms with van der Waals surface area (Å²) in [6, 6.07) is 15.5. The summed E-state index contributed by atoms with van der Waals surface area (Å²) < 4.78 is 27.4. The van der Waals surface area contributed by atoms with Gasteiger partial charge in [0.1, 0.15) is 0 Å². The number of benzene rings is 2. The molecular formula is C19H26ClN3O3S. The van der Waals surface area contributed by atoms with Gasteiger partial charge in [0.25, 0.3) is 10.0 Å².